The van der Waals surface area contributed by atoms with Gasteiger partial charge in [-0.15, -0.1) is 0 Å². The van der Waals surface area contributed by atoms with Gasteiger partial charge in [0.05, 0.1) is 22.9 Å². The molecule has 0 aliphatic heterocycles. The topological polar surface area (TPSA) is 61.0 Å². The van der Waals surface area contributed by atoms with Gasteiger partial charge in [0, 0.05) is 10.9 Å². The van der Waals surface area contributed by atoms with Gasteiger partial charge in [0.15, 0.2) is 0 Å². The molecule has 0 bridgehead atoms. The second kappa shape index (κ2) is 7.58. The lowest BCUT2D eigenvalue weighted by Crippen LogP contribution is -1.91. The number of nitrogens with zero attached hydrogens (tertiary/aromatic N) is 3. The second-order valence-electron chi connectivity index (χ2n) is 5.60. The van der Waals surface area contributed by atoms with Gasteiger partial charge in [-0.2, -0.15) is 4.98 Å². The number of hydrogen-bond acceptors (Lipinski definition) is 6. The van der Waals surface area contributed by atoms with E-state index >= 15 is 0 Å². The van der Waals surface area contributed by atoms with Crippen LogP contribution < -0.4 is 4.74 Å². The van der Waals surface area contributed by atoms with Gasteiger partial charge in [0.1, 0.15) is 5.75 Å². The Morgan fingerprint density at radius 1 is 0.962 bits per heavy atom. The normalized spacial score (nSPS) is 11.0. The van der Waals surface area contributed by atoms with Gasteiger partial charge in [0.25, 0.3) is 0 Å². The van der Waals surface area contributed by atoms with Crippen molar-refractivity contribution in [1.82, 2.24) is 15.1 Å². The molecule has 130 valence electrons. The number of para-hydroxylation sites is 1. The fourth-order valence-corrected chi connectivity index (χ4v) is 3.28. The minimum absolute atomic E-state index is 0.578. The summed E-state index contributed by atoms with van der Waals surface area (Å²) < 4.78 is 10.8. The first-order chi connectivity index (χ1) is 12.8. The molecule has 2 aromatic heterocycles. The first-order valence-corrected chi connectivity index (χ1v) is 9.35. The maximum Gasteiger partial charge on any atom is 0.237 e. The molecule has 0 N–H and O–H groups in total. The van der Waals surface area contributed by atoms with Crippen LogP contribution in [0.25, 0.3) is 22.3 Å². The predicted molar refractivity (Wildman–Crippen MR) is 102 cm³/mol. The Balaban J connectivity index is 1.44. The van der Waals surface area contributed by atoms with Crippen molar-refractivity contribution in [1.29, 1.82) is 0 Å². The van der Waals surface area contributed by atoms with Gasteiger partial charge in [-0.1, -0.05) is 41.2 Å². The molecule has 5 nitrogen and oxygen atoms in total. The van der Waals surface area contributed by atoms with Gasteiger partial charge in [-0.05, 0) is 43.3 Å². The highest BCUT2D eigenvalue weighted by atomic mass is 32.2. The minimum Gasteiger partial charge on any atom is -0.494 e. The van der Waals surface area contributed by atoms with Crippen molar-refractivity contribution in [2.24, 2.45) is 0 Å². The fraction of sp³-hybridized carbons (Fsp3) is 0.150. The van der Waals surface area contributed by atoms with Crippen molar-refractivity contribution in [2.45, 2.75) is 17.7 Å². The van der Waals surface area contributed by atoms with E-state index in [2.05, 4.69) is 27.3 Å². The zero-order valence-electron chi connectivity index (χ0n) is 14.3. The standard InChI is InChI=1S/C20H17N3O2S/c1-2-24-16-10-7-15(8-11-16)20-22-18(25-23-20)13-26-19-12-9-14-5-3-4-6-17(14)21-19/h3-12H,2,13H2,1H3. The molecule has 4 rings (SSSR count). The molecule has 0 atom stereocenters. The third kappa shape index (κ3) is 3.70. The van der Waals surface area contributed by atoms with Gasteiger partial charge in [-0.3, -0.25) is 0 Å². The third-order valence-corrected chi connectivity index (χ3v) is 4.72. The first kappa shape index (κ1) is 16.6. The third-order valence-electron chi connectivity index (χ3n) is 3.81. The Morgan fingerprint density at radius 2 is 1.81 bits per heavy atom. The zero-order chi connectivity index (χ0) is 17.8. The maximum atomic E-state index is 5.45. The summed E-state index contributed by atoms with van der Waals surface area (Å²) in [6, 6.07) is 19.8. The van der Waals surface area contributed by atoms with Crippen LogP contribution in [0.5, 0.6) is 5.75 Å². The summed E-state index contributed by atoms with van der Waals surface area (Å²) in [5, 5.41) is 6.13. The van der Waals surface area contributed by atoms with Crippen LogP contribution >= 0.6 is 11.8 Å². The van der Waals surface area contributed by atoms with Gasteiger partial charge in [0.2, 0.25) is 11.7 Å². The monoisotopic (exact) mass is 363 g/mol. The average molecular weight is 363 g/mol. The first-order valence-electron chi connectivity index (χ1n) is 8.36. The summed E-state index contributed by atoms with van der Waals surface area (Å²) in [6.45, 7) is 2.60. The van der Waals surface area contributed by atoms with E-state index in [0.29, 0.717) is 24.1 Å². The smallest absolute Gasteiger partial charge is 0.237 e. The molecule has 0 saturated heterocycles. The molecular formula is C20H17N3O2S. The van der Waals surface area contributed by atoms with Crippen LogP contribution in [0.15, 0.2) is 70.2 Å². The van der Waals surface area contributed by atoms with E-state index in [9.17, 15) is 0 Å². The van der Waals surface area contributed by atoms with Crippen LogP contribution in [0.2, 0.25) is 0 Å². The number of pyridine rings is 1. The fourth-order valence-electron chi connectivity index (χ4n) is 2.56. The van der Waals surface area contributed by atoms with Gasteiger partial charge >= 0.3 is 0 Å². The van der Waals surface area contributed by atoms with Crippen LogP contribution in [0.1, 0.15) is 12.8 Å². The largest absolute Gasteiger partial charge is 0.494 e. The van der Waals surface area contributed by atoms with E-state index in [1.807, 2.05) is 55.5 Å². The Morgan fingerprint density at radius 3 is 2.65 bits per heavy atom. The summed E-state index contributed by atoms with van der Waals surface area (Å²) in [7, 11) is 0. The van der Waals surface area contributed by atoms with Crippen molar-refractivity contribution >= 4 is 22.7 Å². The van der Waals surface area contributed by atoms with E-state index < -0.39 is 0 Å². The van der Waals surface area contributed by atoms with E-state index in [-0.39, 0.29) is 0 Å². The van der Waals surface area contributed by atoms with E-state index in [4.69, 9.17) is 9.26 Å². The number of thioether (sulfide) groups is 1. The molecule has 4 aromatic rings. The molecule has 0 radical (unpaired) electrons. The van der Waals surface area contributed by atoms with E-state index in [0.717, 1.165) is 27.2 Å². The number of hydrogen-bond donors (Lipinski definition) is 0. The molecular weight excluding hydrogens is 346 g/mol. The van der Waals surface area contributed by atoms with Crippen molar-refractivity contribution in [3.63, 3.8) is 0 Å². The van der Waals surface area contributed by atoms with Crippen LogP contribution in [0.3, 0.4) is 0 Å². The van der Waals surface area contributed by atoms with Crippen LogP contribution in [-0.4, -0.2) is 21.7 Å². The molecule has 2 heterocycles. The average Bonchev–Trinajstić information content (AvgIpc) is 3.16. The highest BCUT2D eigenvalue weighted by Gasteiger charge is 2.10. The quantitative estimate of drug-likeness (QED) is 0.451. The lowest BCUT2D eigenvalue weighted by atomic mass is 10.2. The van der Waals surface area contributed by atoms with E-state index in [1.54, 1.807) is 11.8 Å². The highest BCUT2D eigenvalue weighted by Crippen LogP contribution is 2.25. The molecule has 0 fully saturated rings. The summed E-state index contributed by atoms with van der Waals surface area (Å²) in [6.07, 6.45) is 0. The van der Waals surface area contributed by atoms with E-state index in [1.165, 1.54) is 0 Å². The van der Waals surface area contributed by atoms with Gasteiger partial charge < -0.3 is 9.26 Å². The number of fused-ring (bicyclic) bond motifs is 1. The van der Waals surface area contributed by atoms with Crippen LogP contribution in [0, 0.1) is 0 Å². The molecule has 2 aromatic carbocycles. The molecule has 0 spiro atoms. The second-order valence-corrected chi connectivity index (χ2v) is 6.60. The minimum atomic E-state index is 0.578. The summed E-state index contributed by atoms with van der Waals surface area (Å²) in [4.78, 5) is 9.11. The Hall–Kier alpha value is -2.86. The Bertz CT molecular complexity index is 1010. The SMILES string of the molecule is CCOc1ccc(-c2noc(CSc3ccc4ccccc4n3)n2)cc1. The Kier molecular flexibility index (Phi) is 4.84. The number of rotatable bonds is 6. The van der Waals surface area contributed by atoms with Crippen molar-refractivity contribution < 1.29 is 9.26 Å². The van der Waals surface area contributed by atoms with Crippen LogP contribution in [0.4, 0.5) is 0 Å². The lowest BCUT2D eigenvalue weighted by Gasteiger charge is -2.02. The zero-order valence-corrected chi connectivity index (χ0v) is 15.1. The van der Waals surface area contributed by atoms with Crippen molar-refractivity contribution in [2.75, 3.05) is 6.61 Å². The molecule has 0 aliphatic rings. The molecule has 0 unspecified atom stereocenters. The molecule has 0 amide bonds. The molecule has 26 heavy (non-hydrogen) atoms. The Labute approximate surface area is 155 Å². The molecule has 0 saturated carbocycles. The number of ether oxygens (including phenoxy) is 1. The summed E-state index contributed by atoms with van der Waals surface area (Å²) in [5.74, 6) is 2.57. The summed E-state index contributed by atoms with van der Waals surface area (Å²) in [5.41, 5.74) is 1.88. The van der Waals surface area contributed by atoms with Gasteiger partial charge in [-0.25, -0.2) is 4.98 Å². The lowest BCUT2D eigenvalue weighted by molar-refractivity contribution is 0.340. The highest BCUT2D eigenvalue weighted by molar-refractivity contribution is 7.98. The number of aromatic nitrogens is 3. The molecule has 0 aliphatic carbocycles. The van der Waals surface area contributed by atoms with Crippen LogP contribution in [-0.2, 0) is 5.75 Å². The maximum absolute atomic E-state index is 5.45. The van der Waals surface area contributed by atoms with Crippen molar-refractivity contribution in [3.8, 4) is 17.1 Å². The van der Waals surface area contributed by atoms with Crippen molar-refractivity contribution in [3.05, 3.63) is 66.6 Å². The number of benzene rings is 2. The predicted octanol–water partition coefficient (Wildman–Crippen LogP) is 4.98. The summed E-state index contributed by atoms with van der Waals surface area (Å²) >= 11 is 1.58. The molecule has 6 heteroatoms.